The Bertz CT molecular complexity index is 1220. The van der Waals surface area contributed by atoms with E-state index in [2.05, 4.69) is 10.3 Å². The molecule has 0 fully saturated rings. The van der Waals surface area contributed by atoms with E-state index in [0.29, 0.717) is 28.2 Å². The quantitative estimate of drug-likeness (QED) is 0.469. The Morgan fingerprint density at radius 3 is 2.93 bits per heavy atom. The molecule has 0 spiro atoms. The third kappa shape index (κ3) is 4.42. The molecule has 1 amide bonds. The Morgan fingerprint density at radius 2 is 2.10 bits per heavy atom. The highest BCUT2D eigenvalue weighted by Crippen LogP contribution is 2.35. The Labute approximate surface area is 184 Å². The summed E-state index contributed by atoms with van der Waals surface area (Å²) in [7, 11) is 0. The topological polar surface area (TPSA) is 66.6 Å². The lowest BCUT2D eigenvalue weighted by Crippen LogP contribution is -2.12. The first-order valence-corrected chi connectivity index (χ1v) is 10.9. The van der Waals surface area contributed by atoms with Crippen molar-refractivity contribution in [3.63, 3.8) is 0 Å². The van der Waals surface area contributed by atoms with Crippen LogP contribution in [0.4, 0.5) is 11.4 Å². The maximum Gasteiger partial charge on any atom is 0.224 e. The number of carbonyl (C=O) groups excluding carboxylic acids is 1. The van der Waals surface area contributed by atoms with Crippen molar-refractivity contribution in [1.82, 2.24) is 4.57 Å². The molecule has 1 aliphatic heterocycles. The third-order valence-electron chi connectivity index (χ3n) is 4.83. The van der Waals surface area contributed by atoms with Gasteiger partial charge in [0.05, 0.1) is 10.6 Å². The standard InChI is InChI=1S/C23H21N3O2S2/c1-15-6-4-7-17(12-15)25-21(27)10-5-11-26-22(28)20(30-23(26)29)13-16-14-24-19-9-3-2-8-18(16)19/h2-4,6-9,12-14,28H,5,10-11H2,1H3,(H,25,27)/b16-13+. The SMILES string of the molecule is Cc1cccc(NC(=O)CCCn2c(O)c(/C=C3\C=Nc4ccccc43)sc2=S)c1. The van der Waals surface area contributed by atoms with Crippen LogP contribution in [-0.2, 0) is 11.3 Å². The van der Waals surface area contributed by atoms with Gasteiger partial charge in [-0.2, -0.15) is 0 Å². The number of nitrogens with zero attached hydrogens (tertiary/aromatic N) is 2. The Balaban J connectivity index is 1.41. The lowest BCUT2D eigenvalue weighted by atomic mass is 10.1. The van der Waals surface area contributed by atoms with Crippen molar-refractivity contribution in [3.8, 4) is 5.88 Å². The molecule has 1 aliphatic rings. The number of nitrogens with one attached hydrogen (secondary N) is 1. The van der Waals surface area contributed by atoms with Crippen LogP contribution in [-0.4, -0.2) is 21.8 Å². The number of aryl methyl sites for hydroxylation is 1. The van der Waals surface area contributed by atoms with Gasteiger partial charge in [0.25, 0.3) is 0 Å². The highest BCUT2D eigenvalue weighted by molar-refractivity contribution is 7.73. The van der Waals surface area contributed by atoms with Crippen molar-refractivity contribution >= 4 is 58.7 Å². The van der Waals surface area contributed by atoms with E-state index in [9.17, 15) is 9.90 Å². The van der Waals surface area contributed by atoms with Gasteiger partial charge in [-0.1, -0.05) is 30.3 Å². The summed E-state index contributed by atoms with van der Waals surface area (Å²) in [5, 5.41) is 13.6. The van der Waals surface area contributed by atoms with Crippen molar-refractivity contribution in [1.29, 1.82) is 0 Å². The zero-order valence-electron chi connectivity index (χ0n) is 16.5. The van der Waals surface area contributed by atoms with Crippen LogP contribution >= 0.6 is 23.6 Å². The van der Waals surface area contributed by atoms with Gasteiger partial charge in [-0.25, -0.2) is 0 Å². The normalized spacial score (nSPS) is 13.6. The number of para-hydroxylation sites is 1. The number of fused-ring (bicyclic) bond motifs is 1. The summed E-state index contributed by atoms with van der Waals surface area (Å²) in [5.74, 6) is 0.0809. The zero-order valence-corrected chi connectivity index (χ0v) is 18.1. The largest absolute Gasteiger partial charge is 0.493 e. The van der Waals surface area contributed by atoms with Gasteiger partial charge in [0.1, 0.15) is 0 Å². The van der Waals surface area contributed by atoms with Crippen LogP contribution in [0.3, 0.4) is 0 Å². The number of rotatable bonds is 6. The summed E-state index contributed by atoms with van der Waals surface area (Å²) in [6.45, 7) is 2.47. The highest BCUT2D eigenvalue weighted by Gasteiger charge is 2.15. The number of aromatic hydroxyl groups is 1. The molecule has 152 valence electrons. The van der Waals surface area contributed by atoms with Crippen LogP contribution < -0.4 is 5.32 Å². The molecule has 2 heterocycles. The molecule has 0 saturated carbocycles. The van der Waals surface area contributed by atoms with Gasteiger partial charge in [-0.05, 0) is 55.4 Å². The first kappa shape index (κ1) is 20.3. The van der Waals surface area contributed by atoms with Crippen molar-refractivity contribution in [2.75, 3.05) is 5.32 Å². The Kier molecular flexibility index (Phi) is 5.92. The number of aromatic nitrogens is 1. The fourth-order valence-corrected chi connectivity index (χ4v) is 4.66. The molecular formula is C23H21N3O2S2. The van der Waals surface area contributed by atoms with Gasteiger partial charge in [0, 0.05) is 36.0 Å². The van der Waals surface area contributed by atoms with Crippen LogP contribution in [0.25, 0.3) is 11.6 Å². The van der Waals surface area contributed by atoms with Gasteiger partial charge >= 0.3 is 0 Å². The lowest BCUT2D eigenvalue weighted by Gasteiger charge is -2.07. The molecule has 2 aromatic carbocycles. The number of thiazole rings is 1. The molecule has 0 saturated heterocycles. The van der Waals surface area contributed by atoms with Gasteiger partial charge in [-0.3, -0.25) is 14.4 Å². The predicted molar refractivity (Wildman–Crippen MR) is 126 cm³/mol. The zero-order chi connectivity index (χ0) is 21.1. The molecule has 5 nitrogen and oxygen atoms in total. The van der Waals surface area contributed by atoms with Crippen molar-refractivity contribution in [2.24, 2.45) is 4.99 Å². The summed E-state index contributed by atoms with van der Waals surface area (Å²) >= 11 is 6.79. The lowest BCUT2D eigenvalue weighted by molar-refractivity contribution is -0.116. The number of aliphatic imine (C=N–C) groups is 1. The molecule has 0 radical (unpaired) electrons. The van der Waals surface area contributed by atoms with E-state index in [1.165, 1.54) is 11.3 Å². The molecule has 0 aliphatic carbocycles. The van der Waals surface area contributed by atoms with E-state index in [1.807, 2.05) is 61.5 Å². The summed E-state index contributed by atoms with van der Waals surface area (Å²) in [5.41, 5.74) is 4.80. The van der Waals surface area contributed by atoms with Crippen molar-refractivity contribution < 1.29 is 9.90 Å². The fourth-order valence-electron chi connectivity index (χ4n) is 3.34. The summed E-state index contributed by atoms with van der Waals surface area (Å²) in [4.78, 5) is 17.3. The second-order valence-corrected chi connectivity index (χ2v) is 8.78. The molecule has 30 heavy (non-hydrogen) atoms. The minimum atomic E-state index is -0.0528. The average molecular weight is 436 g/mol. The van der Waals surface area contributed by atoms with Crippen LogP contribution in [0, 0.1) is 10.9 Å². The maximum atomic E-state index is 12.2. The summed E-state index contributed by atoms with van der Waals surface area (Å²) in [6.07, 6.45) is 4.64. The highest BCUT2D eigenvalue weighted by atomic mass is 32.1. The smallest absolute Gasteiger partial charge is 0.224 e. The maximum absolute atomic E-state index is 12.2. The molecule has 1 aromatic heterocycles. The third-order valence-corrected chi connectivity index (χ3v) is 6.21. The molecule has 4 rings (SSSR count). The van der Waals surface area contributed by atoms with Crippen LogP contribution in [0.5, 0.6) is 5.88 Å². The van der Waals surface area contributed by atoms with Gasteiger partial charge in [0.15, 0.2) is 3.95 Å². The van der Waals surface area contributed by atoms with Crippen molar-refractivity contribution in [2.45, 2.75) is 26.3 Å². The number of allylic oxidation sites excluding steroid dienone is 1. The van der Waals surface area contributed by atoms with Crippen LogP contribution in [0.2, 0.25) is 0 Å². The first-order chi connectivity index (χ1) is 14.5. The summed E-state index contributed by atoms with van der Waals surface area (Å²) in [6, 6.07) is 15.6. The van der Waals surface area contributed by atoms with Crippen LogP contribution in [0.1, 0.15) is 28.8 Å². The molecule has 0 unspecified atom stereocenters. The van der Waals surface area contributed by atoms with E-state index in [-0.39, 0.29) is 11.8 Å². The van der Waals surface area contributed by atoms with E-state index in [0.717, 1.165) is 28.1 Å². The van der Waals surface area contributed by atoms with E-state index >= 15 is 0 Å². The molecule has 3 aromatic rings. The first-order valence-electron chi connectivity index (χ1n) is 9.65. The summed E-state index contributed by atoms with van der Waals surface area (Å²) < 4.78 is 2.27. The Hall–Kier alpha value is -3.03. The average Bonchev–Trinajstić information content (AvgIpc) is 3.24. The second kappa shape index (κ2) is 8.77. The minimum Gasteiger partial charge on any atom is -0.493 e. The number of hydrogen-bond acceptors (Lipinski definition) is 5. The number of amides is 1. The molecule has 0 bridgehead atoms. The van der Waals surface area contributed by atoms with Gasteiger partial charge < -0.3 is 10.4 Å². The molecular weight excluding hydrogens is 414 g/mol. The van der Waals surface area contributed by atoms with Gasteiger partial charge in [0.2, 0.25) is 11.8 Å². The molecule has 2 N–H and O–H groups in total. The number of hydrogen-bond donors (Lipinski definition) is 2. The number of carbonyl (C=O) groups is 1. The van der Waals surface area contributed by atoms with Gasteiger partial charge in [-0.15, -0.1) is 11.3 Å². The van der Waals surface area contributed by atoms with Crippen molar-refractivity contribution in [3.05, 3.63) is 68.5 Å². The predicted octanol–water partition coefficient (Wildman–Crippen LogP) is 5.97. The van der Waals surface area contributed by atoms with E-state index in [4.69, 9.17) is 12.2 Å². The second-order valence-electron chi connectivity index (χ2n) is 7.10. The molecule has 7 heteroatoms. The fraction of sp³-hybridized carbons (Fsp3) is 0.174. The molecule has 0 atom stereocenters. The van der Waals surface area contributed by atoms with Crippen LogP contribution in [0.15, 0.2) is 53.5 Å². The van der Waals surface area contributed by atoms with E-state index in [1.54, 1.807) is 10.8 Å². The monoisotopic (exact) mass is 435 g/mol. The Morgan fingerprint density at radius 1 is 1.27 bits per heavy atom. The number of anilines is 1. The minimum absolute atomic E-state index is 0.0528. The number of benzene rings is 2. The van der Waals surface area contributed by atoms with E-state index < -0.39 is 0 Å².